The predicted octanol–water partition coefficient (Wildman–Crippen LogP) is 17.8. The van der Waals surface area contributed by atoms with Crippen molar-refractivity contribution in [2.75, 3.05) is 4.90 Å². The number of hydrogen-bond donors (Lipinski definition) is 0. The van der Waals surface area contributed by atoms with Crippen LogP contribution in [0.25, 0.3) is 53.6 Å². The number of hydrogen-bond acceptors (Lipinski definition) is 2. The van der Waals surface area contributed by atoms with Gasteiger partial charge < -0.3 is 4.90 Å². The van der Waals surface area contributed by atoms with Gasteiger partial charge in [0, 0.05) is 42.5 Å². The molecule has 0 aliphatic heterocycles. The van der Waals surface area contributed by atoms with Gasteiger partial charge >= 0.3 is 0 Å². The van der Waals surface area contributed by atoms with Crippen LogP contribution in [0.5, 0.6) is 0 Å². The standard InChI is InChI=1S/C65H53NS/c1-62(2)40-63(3,4)58-39-56-51(38-57(58)62)50-35-41(29-33-54(50)65(56,42-19-9-7-10-20-42)43-21-11-8-12-22-43)46-23-14-17-27-59(46)66(44-31-34-61-52(36-44)49-25-15-18-28-60(49)67-61)45-30-32-48-47-24-13-16-26-53(47)64(5,6)55(48)37-45/h7-39H,40H2,1-6H3. The van der Waals surface area contributed by atoms with Crippen molar-refractivity contribution in [2.45, 2.75) is 69.6 Å². The highest BCUT2D eigenvalue weighted by atomic mass is 32.1. The third-order valence-corrected chi connectivity index (χ3v) is 17.1. The minimum absolute atomic E-state index is 0.0587. The molecule has 10 aromatic rings. The highest BCUT2D eigenvalue weighted by molar-refractivity contribution is 7.25. The Morgan fingerprint density at radius 3 is 1.72 bits per heavy atom. The molecule has 67 heavy (non-hydrogen) atoms. The molecule has 1 heterocycles. The van der Waals surface area contributed by atoms with Crippen LogP contribution in [-0.2, 0) is 21.7 Å². The second kappa shape index (κ2) is 14.3. The van der Waals surface area contributed by atoms with Crippen molar-refractivity contribution >= 4 is 48.6 Å². The normalized spacial score (nSPS) is 16.3. The molecule has 2 heteroatoms. The minimum Gasteiger partial charge on any atom is -0.310 e. The zero-order valence-electron chi connectivity index (χ0n) is 39.1. The number of anilines is 3. The second-order valence-corrected chi connectivity index (χ2v) is 22.2. The van der Waals surface area contributed by atoms with E-state index in [1.54, 1.807) is 0 Å². The molecule has 9 aromatic carbocycles. The van der Waals surface area contributed by atoms with Crippen LogP contribution in [-0.4, -0.2) is 0 Å². The first-order valence-electron chi connectivity index (χ1n) is 24.0. The van der Waals surface area contributed by atoms with Crippen LogP contribution in [0.15, 0.2) is 200 Å². The lowest BCUT2D eigenvalue weighted by Crippen LogP contribution is -2.29. The SMILES string of the molecule is CC1(C)CC(C)(C)c2cc3c(cc21)-c1cc(-c2ccccc2N(c2ccc4c(c2)C(C)(C)c2ccccc2-4)c2ccc4sc5ccccc5c4c2)ccc1C3(c1ccccc1)c1ccccc1. The van der Waals surface area contributed by atoms with E-state index in [0.717, 1.165) is 23.5 Å². The average molecular weight is 880 g/mol. The Morgan fingerprint density at radius 1 is 0.373 bits per heavy atom. The number of fused-ring (bicyclic) bond motifs is 10. The molecule has 3 aliphatic rings. The van der Waals surface area contributed by atoms with Gasteiger partial charge in [-0.15, -0.1) is 11.3 Å². The van der Waals surface area contributed by atoms with Gasteiger partial charge in [0.25, 0.3) is 0 Å². The van der Waals surface area contributed by atoms with E-state index in [1.165, 1.54) is 98.1 Å². The monoisotopic (exact) mass is 879 g/mol. The molecule has 1 aromatic heterocycles. The van der Waals surface area contributed by atoms with E-state index in [1.807, 2.05) is 11.3 Å². The molecule has 1 nitrogen and oxygen atoms in total. The summed E-state index contributed by atoms with van der Waals surface area (Å²) in [6, 6.07) is 76.3. The first-order valence-corrected chi connectivity index (χ1v) is 24.8. The second-order valence-electron chi connectivity index (χ2n) is 21.2. The smallest absolute Gasteiger partial charge is 0.0713 e. The first kappa shape index (κ1) is 40.3. The largest absolute Gasteiger partial charge is 0.310 e. The number of rotatable bonds is 6. The van der Waals surface area contributed by atoms with E-state index < -0.39 is 5.41 Å². The van der Waals surface area contributed by atoms with Crippen molar-refractivity contribution in [3.05, 3.63) is 245 Å². The summed E-state index contributed by atoms with van der Waals surface area (Å²) >= 11 is 1.87. The zero-order chi connectivity index (χ0) is 45.5. The minimum atomic E-state index is -0.484. The molecule has 0 fully saturated rings. The van der Waals surface area contributed by atoms with E-state index in [9.17, 15) is 0 Å². The molecule has 324 valence electrons. The fourth-order valence-corrected chi connectivity index (χ4v) is 14.2. The van der Waals surface area contributed by atoms with Gasteiger partial charge in [-0.05, 0) is 144 Å². The fraction of sp³-hybridized carbons (Fsp3) is 0.169. The summed E-state index contributed by atoms with van der Waals surface area (Å²) in [6.07, 6.45) is 1.12. The molecule has 0 bridgehead atoms. The van der Waals surface area contributed by atoms with Crippen molar-refractivity contribution < 1.29 is 0 Å². The van der Waals surface area contributed by atoms with Crippen LogP contribution in [0, 0.1) is 0 Å². The Bertz CT molecular complexity index is 3600. The molecular weight excluding hydrogens is 827 g/mol. The van der Waals surface area contributed by atoms with Crippen LogP contribution in [0.4, 0.5) is 17.1 Å². The lowest BCUT2D eigenvalue weighted by molar-refractivity contribution is 0.403. The Labute approximate surface area is 399 Å². The van der Waals surface area contributed by atoms with Crippen LogP contribution in [0.3, 0.4) is 0 Å². The van der Waals surface area contributed by atoms with Crippen molar-refractivity contribution in [1.82, 2.24) is 0 Å². The molecule has 0 N–H and O–H groups in total. The Hall–Kier alpha value is -7.00. The maximum absolute atomic E-state index is 2.62. The van der Waals surface area contributed by atoms with Gasteiger partial charge in [0.2, 0.25) is 0 Å². The highest BCUT2D eigenvalue weighted by Crippen LogP contribution is 2.61. The third-order valence-electron chi connectivity index (χ3n) is 15.9. The van der Waals surface area contributed by atoms with Crippen LogP contribution in [0.2, 0.25) is 0 Å². The summed E-state index contributed by atoms with van der Waals surface area (Å²) in [6.45, 7) is 14.5. The van der Waals surface area contributed by atoms with E-state index in [0.29, 0.717) is 0 Å². The molecule has 3 aliphatic carbocycles. The van der Waals surface area contributed by atoms with Crippen molar-refractivity contribution in [3.8, 4) is 33.4 Å². The Morgan fingerprint density at radius 2 is 0.955 bits per heavy atom. The Kier molecular flexibility index (Phi) is 8.57. The van der Waals surface area contributed by atoms with E-state index in [4.69, 9.17) is 0 Å². The maximum Gasteiger partial charge on any atom is 0.0713 e. The third kappa shape index (κ3) is 5.72. The first-order chi connectivity index (χ1) is 32.4. The predicted molar refractivity (Wildman–Crippen MR) is 285 cm³/mol. The lowest BCUT2D eigenvalue weighted by atomic mass is 9.67. The molecule has 0 saturated heterocycles. The van der Waals surface area contributed by atoms with Crippen molar-refractivity contribution in [1.29, 1.82) is 0 Å². The van der Waals surface area contributed by atoms with Crippen LogP contribution >= 0.6 is 11.3 Å². The quantitative estimate of drug-likeness (QED) is 0.161. The van der Waals surface area contributed by atoms with Gasteiger partial charge in [0.15, 0.2) is 0 Å². The average Bonchev–Trinajstić information content (AvgIpc) is 3.99. The molecule has 0 atom stereocenters. The summed E-state index contributed by atoms with van der Waals surface area (Å²) < 4.78 is 2.62. The topological polar surface area (TPSA) is 3.24 Å². The highest BCUT2D eigenvalue weighted by Gasteiger charge is 2.50. The van der Waals surface area contributed by atoms with Gasteiger partial charge in [-0.25, -0.2) is 0 Å². The lowest BCUT2D eigenvalue weighted by Gasteiger charge is -2.35. The van der Waals surface area contributed by atoms with E-state index in [2.05, 4.69) is 247 Å². The summed E-state index contributed by atoms with van der Waals surface area (Å²) in [5, 5.41) is 2.60. The van der Waals surface area contributed by atoms with Crippen LogP contribution < -0.4 is 4.90 Å². The number of nitrogens with zero attached hydrogens (tertiary/aromatic N) is 1. The van der Waals surface area contributed by atoms with Gasteiger partial charge in [-0.3, -0.25) is 0 Å². The summed E-state index contributed by atoms with van der Waals surface area (Å²) in [5.74, 6) is 0. The van der Waals surface area contributed by atoms with E-state index in [-0.39, 0.29) is 16.2 Å². The van der Waals surface area contributed by atoms with Gasteiger partial charge in [-0.1, -0.05) is 187 Å². The maximum atomic E-state index is 2.62. The molecule has 0 spiro atoms. The molecular formula is C65H53NS. The molecule has 0 unspecified atom stereocenters. The van der Waals surface area contributed by atoms with Gasteiger partial charge in [0.05, 0.1) is 11.1 Å². The number of benzene rings is 9. The zero-order valence-corrected chi connectivity index (χ0v) is 39.9. The molecule has 0 saturated carbocycles. The van der Waals surface area contributed by atoms with Crippen molar-refractivity contribution in [2.24, 2.45) is 0 Å². The van der Waals surface area contributed by atoms with Crippen molar-refractivity contribution in [3.63, 3.8) is 0 Å². The number of thiophene rings is 1. The number of para-hydroxylation sites is 1. The molecule has 0 radical (unpaired) electrons. The van der Waals surface area contributed by atoms with Crippen LogP contribution in [0.1, 0.15) is 92.5 Å². The van der Waals surface area contributed by atoms with Gasteiger partial charge in [-0.2, -0.15) is 0 Å². The molecule has 0 amide bonds. The summed E-state index contributed by atoms with van der Waals surface area (Å²) in [7, 11) is 0. The Balaban J connectivity index is 1.06. The molecule has 13 rings (SSSR count). The van der Waals surface area contributed by atoms with Gasteiger partial charge in [0.1, 0.15) is 0 Å². The fourth-order valence-electron chi connectivity index (χ4n) is 13.1. The van der Waals surface area contributed by atoms with E-state index >= 15 is 0 Å². The summed E-state index contributed by atoms with van der Waals surface area (Å²) in [4.78, 5) is 2.53. The summed E-state index contributed by atoms with van der Waals surface area (Å²) in [5.41, 5.74) is 21.7.